The summed E-state index contributed by atoms with van der Waals surface area (Å²) in [5.41, 5.74) is 5.76. The number of esters is 1. The molecule has 0 aliphatic rings. The second kappa shape index (κ2) is 8.95. The Morgan fingerprint density at radius 1 is 1.52 bits per heavy atom. The molecular formula is C14H19N5O3S. The number of ether oxygens (including phenoxy) is 1. The van der Waals surface area contributed by atoms with Crippen LogP contribution in [0.2, 0.25) is 0 Å². The molecule has 0 spiro atoms. The number of anilines is 1. The first kappa shape index (κ1) is 18.7. The molecule has 0 aliphatic heterocycles. The summed E-state index contributed by atoms with van der Waals surface area (Å²) in [7, 11) is 1.28. The molecule has 23 heavy (non-hydrogen) atoms. The molecule has 8 nitrogen and oxygen atoms in total. The van der Waals surface area contributed by atoms with Gasteiger partial charge in [-0.2, -0.15) is 5.26 Å². The van der Waals surface area contributed by atoms with E-state index in [0.29, 0.717) is 6.42 Å². The maximum Gasteiger partial charge on any atom is 0.328 e. The van der Waals surface area contributed by atoms with E-state index in [0.717, 1.165) is 11.8 Å². The minimum atomic E-state index is -0.681. The van der Waals surface area contributed by atoms with Gasteiger partial charge in [-0.15, -0.1) is 0 Å². The van der Waals surface area contributed by atoms with Crippen molar-refractivity contribution in [1.82, 2.24) is 15.3 Å². The molecule has 1 aromatic heterocycles. The lowest BCUT2D eigenvalue weighted by molar-refractivity contribution is -0.145. The monoisotopic (exact) mass is 337 g/mol. The molecule has 0 bridgehead atoms. The Kier molecular flexibility index (Phi) is 7.28. The molecule has 0 radical (unpaired) electrons. The van der Waals surface area contributed by atoms with Crippen LogP contribution in [0.3, 0.4) is 0 Å². The number of carbonyl (C=O) groups is 2. The van der Waals surface area contributed by atoms with E-state index in [1.165, 1.54) is 13.3 Å². The molecule has 0 saturated carbocycles. The van der Waals surface area contributed by atoms with Crippen LogP contribution in [-0.4, -0.2) is 40.7 Å². The molecule has 1 heterocycles. The number of rotatable bonds is 7. The predicted octanol–water partition coefficient (Wildman–Crippen LogP) is 0.726. The van der Waals surface area contributed by atoms with Crippen molar-refractivity contribution in [3.63, 3.8) is 0 Å². The van der Waals surface area contributed by atoms with Gasteiger partial charge in [0.2, 0.25) is 5.91 Å². The summed E-state index contributed by atoms with van der Waals surface area (Å²) in [4.78, 5) is 31.5. The molecule has 0 aromatic carbocycles. The molecule has 0 unspecified atom stereocenters. The van der Waals surface area contributed by atoms with Gasteiger partial charge in [-0.05, 0) is 12.3 Å². The molecule has 0 fully saturated rings. The number of hydrogen-bond donors (Lipinski definition) is 2. The number of thioether (sulfide) groups is 1. The second-order valence-electron chi connectivity index (χ2n) is 5.12. The van der Waals surface area contributed by atoms with Crippen molar-refractivity contribution in [1.29, 1.82) is 5.26 Å². The molecule has 1 rings (SSSR count). The Bertz CT molecular complexity index is 615. The standard InChI is InChI=1S/C14H19N5O3S/c1-8(2)4-10(13(21)22-3)18-11(20)7-23-14-17-6-9(5-15)12(16)19-14/h6,8,10H,4,7H2,1-3H3,(H,18,20)(H2,16,17,19)/t10-/m1/s1. The van der Waals surface area contributed by atoms with Gasteiger partial charge in [-0.1, -0.05) is 25.6 Å². The van der Waals surface area contributed by atoms with Crippen molar-refractivity contribution in [2.75, 3.05) is 18.6 Å². The molecule has 1 amide bonds. The summed E-state index contributed by atoms with van der Waals surface area (Å²) in [6, 6.07) is 1.18. The van der Waals surface area contributed by atoms with Crippen molar-refractivity contribution < 1.29 is 14.3 Å². The van der Waals surface area contributed by atoms with Crippen LogP contribution < -0.4 is 11.1 Å². The molecule has 124 valence electrons. The molecular weight excluding hydrogens is 318 g/mol. The van der Waals surface area contributed by atoms with Gasteiger partial charge < -0.3 is 15.8 Å². The van der Waals surface area contributed by atoms with Gasteiger partial charge in [0.15, 0.2) is 5.16 Å². The molecule has 1 aromatic rings. The fraction of sp³-hybridized carbons (Fsp3) is 0.500. The predicted molar refractivity (Wildman–Crippen MR) is 85.3 cm³/mol. The van der Waals surface area contributed by atoms with Crippen molar-refractivity contribution in [3.05, 3.63) is 11.8 Å². The maximum absolute atomic E-state index is 12.0. The van der Waals surface area contributed by atoms with Crippen LogP contribution in [0.5, 0.6) is 0 Å². The Balaban J connectivity index is 2.60. The van der Waals surface area contributed by atoms with E-state index in [9.17, 15) is 9.59 Å². The van der Waals surface area contributed by atoms with Crippen LogP contribution >= 0.6 is 11.8 Å². The highest BCUT2D eigenvalue weighted by Crippen LogP contribution is 2.16. The third kappa shape index (κ3) is 6.12. The number of nitrogens with zero attached hydrogens (tertiary/aromatic N) is 3. The molecule has 3 N–H and O–H groups in total. The van der Waals surface area contributed by atoms with E-state index in [-0.39, 0.29) is 34.1 Å². The number of nitrogens with one attached hydrogen (secondary N) is 1. The Hall–Kier alpha value is -2.34. The number of nitrogen functional groups attached to an aromatic ring is 1. The normalized spacial score (nSPS) is 11.6. The van der Waals surface area contributed by atoms with Gasteiger partial charge in [0.1, 0.15) is 23.5 Å². The van der Waals surface area contributed by atoms with Crippen LogP contribution in [0, 0.1) is 17.2 Å². The minimum Gasteiger partial charge on any atom is -0.467 e. The Morgan fingerprint density at radius 2 is 2.22 bits per heavy atom. The van der Waals surface area contributed by atoms with Crippen LogP contribution in [0.4, 0.5) is 5.82 Å². The van der Waals surface area contributed by atoms with Crippen LogP contribution in [-0.2, 0) is 14.3 Å². The van der Waals surface area contributed by atoms with Gasteiger partial charge in [0.25, 0.3) is 0 Å². The van der Waals surface area contributed by atoms with Crippen LogP contribution in [0.25, 0.3) is 0 Å². The summed E-state index contributed by atoms with van der Waals surface area (Å²) in [6.45, 7) is 3.90. The van der Waals surface area contributed by atoms with Gasteiger partial charge in [0, 0.05) is 0 Å². The van der Waals surface area contributed by atoms with E-state index in [1.807, 2.05) is 19.9 Å². The summed E-state index contributed by atoms with van der Waals surface area (Å²) < 4.78 is 4.69. The van der Waals surface area contributed by atoms with Gasteiger partial charge >= 0.3 is 5.97 Å². The van der Waals surface area contributed by atoms with E-state index >= 15 is 0 Å². The maximum atomic E-state index is 12.0. The average molecular weight is 337 g/mol. The SMILES string of the molecule is COC(=O)[C@@H](CC(C)C)NC(=O)CSc1ncc(C#N)c(N)n1. The number of hydrogen-bond acceptors (Lipinski definition) is 8. The lowest BCUT2D eigenvalue weighted by Gasteiger charge is -2.18. The quantitative estimate of drug-likeness (QED) is 0.423. The first-order valence-electron chi connectivity index (χ1n) is 6.90. The molecule has 0 saturated heterocycles. The van der Waals surface area contributed by atoms with Crippen molar-refractivity contribution in [2.24, 2.45) is 5.92 Å². The zero-order valence-electron chi connectivity index (χ0n) is 13.2. The fourth-order valence-corrected chi connectivity index (χ4v) is 2.36. The van der Waals surface area contributed by atoms with Gasteiger partial charge in [-0.25, -0.2) is 14.8 Å². The van der Waals surface area contributed by atoms with Crippen molar-refractivity contribution in [3.8, 4) is 6.07 Å². The third-order valence-corrected chi connectivity index (χ3v) is 3.64. The number of carbonyl (C=O) groups excluding carboxylic acids is 2. The summed E-state index contributed by atoms with van der Waals surface area (Å²) in [5.74, 6) is -0.489. The topological polar surface area (TPSA) is 131 Å². The minimum absolute atomic E-state index is 0.0247. The van der Waals surface area contributed by atoms with E-state index in [2.05, 4.69) is 20.0 Å². The number of amides is 1. The first-order chi connectivity index (χ1) is 10.9. The number of nitrogens with two attached hydrogens (primary N) is 1. The fourth-order valence-electron chi connectivity index (χ4n) is 1.73. The number of methoxy groups -OCH3 is 1. The zero-order valence-corrected chi connectivity index (χ0v) is 14.0. The van der Waals surface area contributed by atoms with Crippen LogP contribution in [0.1, 0.15) is 25.8 Å². The third-order valence-electron chi connectivity index (χ3n) is 2.78. The van der Waals surface area contributed by atoms with Crippen molar-refractivity contribution in [2.45, 2.75) is 31.5 Å². The number of aromatic nitrogens is 2. The van der Waals surface area contributed by atoms with E-state index in [1.54, 1.807) is 0 Å². The van der Waals surface area contributed by atoms with E-state index < -0.39 is 12.0 Å². The second-order valence-corrected chi connectivity index (χ2v) is 6.07. The molecule has 9 heteroatoms. The smallest absolute Gasteiger partial charge is 0.328 e. The van der Waals surface area contributed by atoms with Gasteiger partial charge in [0.05, 0.1) is 19.1 Å². The van der Waals surface area contributed by atoms with E-state index in [4.69, 9.17) is 11.0 Å². The zero-order chi connectivity index (χ0) is 17.4. The average Bonchev–Trinajstić information content (AvgIpc) is 2.51. The molecule has 0 aliphatic carbocycles. The highest BCUT2D eigenvalue weighted by Gasteiger charge is 2.22. The highest BCUT2D eigenvalue weighted by molar-refractivity contribution is 7.99. The molecule has 1 atom stereocenters. The first-order valence-corrected chi connectivity index (χ1v) is 7.88. The van der Waals surface area contributed by atoms with Crippen LogP contribution in [0.15, 0.2) is 11.4 Å². The number of nitriles is 1. The largest absolute Gasteiger partial charge is 0.467 e. The Morgan fingerprint density at radius 3 is 2.74 bits per heavy atom. The Labute approximate surface area is 138 Å². The summed E-state index contributed by atoms with van der Waals surface area (Å²) in [5, 5.41) is 11.7. The highest BCUT2D eigenvalue weighted by atomic mass is 32.2. The van der Waals surface area contributed by atoms with Gasteiger partial charge in [-0.3, -0.25) is 4.79 Å². The summed E-state index contributed by atoms with van der Waals surface area (Å²) in [6.07, 6.45) is 1.79. The summed E-state index contributed by atoms with van der Waals surface area (Å²) >= 11 is 1.07. The van der Waals surface area contributed by atoms with Crippen molar-refractivity contribution >= 4 is 29.5 Å². The lowest BCUT2D eigenvalue weighted by Crippen LogP contribution is -2.43. The lowest BCUT2D eigenvalue weighted by atomic mass is 10.0.